The molecule has 0 aliphatic heterocycles. The number of methoxy groups -OCH3 is 1. The summed E-state index contributed by atoms with van der Waals surface area (Å²) in [5, 5.41) is 0. The average molecular weight is 229 g/mol. The Balaban J connectivity index is 2.66. The van der Waals surface area contributed by atoms with E-state index in [9.17, 15) is 4.39 Å². The Labute approximate surface area is 95.6 Å². The maximum Gasteiger partial charge on any atom is 0.141 e. The molecule has 0 amide bonds. The molecule has 16 heavy (non-hydrogen) atoms. The van der Waals surface area contributed by atoms with Crippen LogP contribution in [0.3, 0.4) is 0 Å². The molecule has 1 unspecified atom stereocenters. The monoisotopic (exact) mass is 229 g/mol. The zero-order valence-corrected chi connectivity index (χ0v) is 9.95. The zero-order chi connectivity index (χ0) is 12.0. The minimum Gasteiger partial charge on any atom is -0.381 e. The van der Waals surface area contributed by atoms with Gasteiger partial charge in [-0.3, -0.25) is 0 Å². The molecule has 1 rings (SSSR count). The highest BCUT2D eigenvalue weighted by atomic mass is 19.1. The summed E-state index contributed by atoms with van der Waals surface area (Å²) in [6.07, 6.45) is 4.82. The highest BCUT2D eigenvalue weighted by molar-refractivity contribution is 4.98. The van der Waals surface area contributed by atoms with E-state index in [1.165, 1.54) is 7.11 Å². The Kier molecular flexibility index (Phi) is 4.89. The second-order valence-electron chi connectivity index (χ2n) is 4.11. The molecule has 0 aromatic carbocycles. The summed E-state index contributed by atoms with van der Waals surface area (Å²) in [4.78, 5) is 4.13. The van der Waals surface area contributed by atoms with Gasteiger partial charge in [0, 0.05) is 33.0 Å². The molecule has 2 N–H and O–H groups in total. The SMILES string of the molecule is COCC(F)(CCCN)Cc1nccn1C. The van der Waals surface area contributed by atoms with Gasteiger partial charge in [-0.25, -0.2) is 9.37 Å². The molecule has 4 nitrogen and oxygen atoms in total. The first-order chi connectivity index (χ1) is 7.61. The van der Waals surface area contributed by atoms with Crippen LogP contribution in [0.25, 0.3) is 0 Å². The van der Waals surface area contributed by atoms with E-state index in [0.29, 0.717) is 19.4 Å². The molecule has 0 fully saturated rings. The Hall–Kier alpha value is -0.940. The molecule has 0 saturated carbocycles. The largest absolute Gasteiger partial charge is 0.381 e. The second-order valence-corrected chi connectivity index (χ2v) is 4.11. The molecular weight excluding hydrogens is 209 g/mol. The quantitative estimate of drug-likeness (QED) is 0.760. The molecule has 0 saturated heterocycles. The Bertz CT molecular complexity index is 316. The van der Waals surface area contributed by atoms with E-state index >= 15 is 0 Å². The van der Waals surface area contributed by atoms with Gasteiger partial charge in [-0.1, -0.05) is 0 Å². The molecule has 5 heteroatoms. The summed E-state index contributed by atoms with van der Waals surface area (Å²) < 4.78 is 21.3. The van der Waals surface area contributed by atoms with Crippen LogP contribution >= 0.6 is 0 Å². The van der Waals surface area contributed by atoms with Crippen molar-refractivity contribution in [1.82, 2.24) is 9.55 Å². The maximum atomic E-state index is 14.5. The van der Waals surface area contributed by atoms with Crippen LogP contribution in [0, 0.1) is 0 Å². The molecule has 1 atom stereocenters. The number of rotatable bonds is 7. The molecule has 1 aromatic heterocycles. The van der Waals surface area contributed by atoms with E-state index in [1.807, 2.05) is 17.8 Å². The summed E-state index contributed by atoms with van der Waals surface area (Å²) in [5.41, 5.74) is 4.04. The summed E-state index contributed by atoms with van der Waals surface area (Å²) in [6, 6.07) is 0. The van der Waals surface area contributed by atoms with Crippen molar-refractivity contribution in [2.45, 2.75) is 24.9 Å². The van der Waals surface area contributed by atoms with Crippen molar-refractivity contribution in [1.29, 1.82) is 0 Å². The minimum atomic E-state index is -1.37. The summed E-state index contributed by atoms with van der Waals surface area (Å²) >= 11 is 0. The van der Waals surface area contributed by atoms with Gasteiger partial charge < -0.3 is 15.0 Å². The lowest BCUT2D eigenvalue weighted by atomic mass is 9.96. The van der Waals surface area contributed by atoms with Crippen molar-refractivity contribution in [3.63, 3.8) is 0 Å². The predicted octanol–water partition coefficient (Wildman–Crippen LogP) is 1.06. The van der Waals surface area contributed by atoms with Crippen molar-refractivity contribution in [2.24, 2.45) is 12.8 Å². The highest BCUT2D eigenvalue weighted by Crippen LogP contribution is 2.23. The summed E-state index contributed by atoms with van der Waals surface area (Å²) in [7, 11) is 3.37. The van der Waals surface area contributed by atoms with Crippen LogP contribution in [-0.2, 0) is 18.2 Å². The lowest BCUT2D eigenvalue weighted by Gasteiger charge is -2.24. The number of nitrogens with zero attached hydrogens (tertiary/aromatic N) is 2. The molecule has 0 aliphatic rings. The van der Waals surface area contributed by atoms with Crippen molar-refractivity contribution in [3.8, 4) is 0 Å². The van der Waals surface area contributed by atoms with Gasteiger partial charge in [0.2, 0.25) is 0 Å². The van der Waals surface area contributed by atoms with E-state index in [2.05, 4.69) is 4.98 Å². The lowest BCUT2D eigenvalue weighted by Crippen LogP contribution is -2.33. The zero-order valence-electron chi connectivity index (χ0n) is 9.95. The van der Waals surface area contributed by atoms with E-state index in [0.717, 1.165) is 5.82 Å². The fraction of sp³-hybridized carbons (Fsp3) is 0.727. The molecule has 0 bridgehead atoms. The van der Waals surface area contributed by atoms with Crippen LogP contribution in [0.1, 0.15) is 18.7 Å². The van der Waals surface area contributed by atoms with E-state index in [4.69, 9.17) is 10.5 Å². The van der Waals surface area contributed by atoms with Crippen LogP contribution in [0.5, 0.6) is 0 Å². The van der Waals surface area contributed by atoms with Gasteiger partial charge in [-0.2, -0.15) is 0 Å². The predicted molar refractivity (Wildman–Crippen MR) is 60.9 cm³/mol. The van der Waals surface area contributed by atoms with Crippen molar-refractivity contribution < 1.29 is 9.13 Å². The number of aryl methyl sites for hydroxylation is 1. The summed E-state index contributed by atoms with van der Waals surface area (Å²) in [5.74, 6) is 0.733. The van der Waals surface area contributed by atoms with E-state index < -0.39 is 5.67 Å². The third-order valence-corrected chi connectivity index (χ3v) is 2.63. The molecule has 0 aliphatic carbocycles. The first kappa shape index (κ1) is 13.1. The number of halogens is 1. The van der Waals surface area contributed by atoms with Crippen LogP contribution in [0.15, 0.2) is 12.4 Å². The number of ether oxygens (including phenoxy) is 1. The molecule has 1 heterocycles. The van der Waals surface area contributed by atoms with Gasteiger partial charge in [0.1, 0.15) is 11.5 Å². The van der Waals surface area contributed by atoms with Gasteiger partial charge in [-0.15, -0.1) is 0 Å². The summed E-state index contributed by atoms with van der Waals surface area (Å²) in [6.45, 7) is 0.579. The second kappa shape index (κ2) is 5.96. The highest BCUT2D eigenvalue weighted by Gasteiger charge is 2.31. The van der Waals surface area contributed by atoms with Gasteiger partial charge in [-0.05, 0) is 19.4 Å². The smallest absolute Gasteiger partial charge is 0.141 e. The fourth-order valence-electron chi connectivity index (χ4n) is 1.74. The maximum absolute atomic E-state index is 14.5. The molecule has 1 aromatic rings. The van der Waals surface area contributed by atoms with E-state index in [-0.39, 0.29) is 13.0 Å². The number of aromatic nitrogens is 2. The van der Waals surface area contributed by atoms with Gasteiger partial charge in [0.15, 0.2) is 0 Å². The topological polar surface area (TPSA) is 53.1 Å². The molecule has 0 radical (unpaired) electrons. The van der Waals surface area contributed by atoms with Crippen LogP contribution in [0.4, 0.5) is 4.39 Å². The average Bonchev–Trinajstić information content (AvgIpc) is 2.62. The van der Waals surface area contributed by atoms with Gasteiger partial charge >= 0.3 is 0 Å². The van der Waals surface area contributed by atoms with Crippen molar-refractivity contribution in [2.75, 3.05) is 20.3 Å². The van der Waals surface area contributed by atoms with Crippen LogP contribution in [0.2, 0.25) is 0 Å². The lowest BCUT2D eigenvalue weighted by molar-refractivity contribution is 0.0315. The van der Waals surface area contributed by atoms with Crippen molar-refractivity contribution >= 4 is 0 Å². The first-order valence-electron chi connectivity index (χ1n) is 5.45. The van der Waals surface area contributed by atoms with Crippen molar-refractivity contribution in [3.05, 3.63) is 18.2 Å². The minimum absolute atomic E-state index is 0.0832. The molecule has 0 spiro atoms. The third-order valence-electron chi connectivity index (χ3n) is 2.63. The van der Waals surface area contributed by atoms with Crippen LogP contribution in [-0.4, -0.2) is 35.5 Å². The van der Waals surface area contributed by atoms with Gasteiger partial charge in [0.05, 0.1) is 6.61 Å². The number of hydrogen-bond donors (Lipinski definition) is 1. The Morgan fingerprint density at radius 2 is 2.38 bits per heavy atom. The number of imidazole rings is 1. The number of hydrogen-bond acceptors (Lipinski definition) is 3. The van der Waals surface area contributed by atoms with Crippen LogP contribution < -0.4 is 5.73 Å². The van der Waals surface area contributed by atoms with Gasteiger partial charge in [0.25, 0.3) is 0 Å². The normalized spacial score (nSPS) is 15.0. The van der Waals surface area contributed by atoms with E-state index in [1.54, 1.807) is 6.20 Å². The Morgan fingerprint density at radius 1 is 1.62 bits per heavy atom. The Morgan fingerprint density at radius 3 is 2.88 bits per heavy atom. The number of alkyl halides is 1. The molecular formula is C11H20FN3O. The third kappa shape index (κ3) is 3.57. The standard InChI is InChI=1S/C11H20FN3O/c1-15-7-6-14-10(15)8-11(12,9-16-2)4-3-5-13/h6-7H,3-5,8-9,13H2,1-2H3. The molecule has 92 valence electrons. The fourth-order valence-corrected chi connectivity index (χ4v) is 1.74. The first-order valence-corrected chi connectivity index (χ1v) is 5.45. The number of nitrogens with two attached hydrogens (primary N) is 1.